The predicted molar refractivity (Wildman–Crippen MR) is 133 cm³/mol. The number of aromatic nitrogens is 1. The number of amides is 1. The van der Waals surface area contributed by atoms with Crippen LogP contribution in [0.4, 0.5) is 13.2 Å². The predicted octanol–water partition coefficient (Wildman–Crippen LogP) is 5.94. The van der Waals surface area contributed by atoms with Crippen molar-refractivity contribution in [1.82, 2.24) is 9.88 Å². The molecule has 1 atom stereocenters. The smallest absolute Gasteiger partial charge is 0.361 e. The van der Waals surface area contributed by atoms with Crippen LogP contribution >= 0.6 is 0 Å². The summed E-state index contributed by atoms with van der Waals surface area (Å²) in [7, 11) is -1.18. The van der Waals surface area contributed by atoms with Gasteiger partial charge in [-0.3, -0.25) is 14.8 Å². The molecule has 5 nitrogen and oxygen atoms in total. The lowest BCUT2D eigenvalue weighted by molar-refractivity contribution is -0.138. The van der Waals surface area contributed by atoms with E-state index in [0.717, 1.165) is 35.1 Å². The molecule has 3 heterocycles. The van der Waals surface area contributed by atoms with Gasteiger partial charge >= 0.3 is 6.18 Å². The average Bonchev–Trinajstić information content (AvgIpc) is 3.34. The summed E-state index contributed by atoms with van der Waals surface area (Å²) in [5, 5.41) is 0. The molecule has 0 aliphatic carbocycles. The molecule has 188 valence electrons. The minimum Gasteiger partial charge on any atom is -0.361 e. The molecule has 1 saturated heterocycles. The quantitative estimate of drug-likeness (QED) is 0.347. The van der Waals surface area contributed by atoms with Crippen molar-refractivity contribution in [2.75, 3.05) is 19.9 Å². The second-order valence-electron chi connectivity index (χ2n) is 10.7. The maximum Gasteiger partial charge on any atom is 0.416 e. The molecule has 0 radical (unpaired) electrons. The lowest BCUT2D eigenvalue weighted by Gasteiger charge is -2.21. The van der Waals surface area contributed by atoms with Crippen LogP contribution in [0.2, 0.25) is 25.7 Å². The SMILES string of the molecule is Cc1cc(-c2ccc(C(F)(F)F)cc2)cc(C2=N[C@]3(CC2)CCN(COCC[Si](C)(C)C)C3=O)n1. The number of carbonyl (C=O) groups is 1. The molecule has 1 aromatic heterocycles. The number of hydrogen-bond donors (Lipinski definition) is 0. The zero-order valence-electron chi connectivity index (χ0n) is 20.7. The van der Waals surface area contributed by atoms with E-state index in [1.807, 2.05) is 19.1 Å². The molecule has 2 aromatic rings. The zero-order valence-corrected chi connectivity index (χ0v) is 21.7. The van der Waals surface area contributed by atoms with Gasteiger partial charge in [0.05, 0.1) is 17.0 Å². The Bertz CT molecular complexity index is 1130. The molecule has 0 N–H and O–H groups in total. The van der Waals surface area contributed by atoms with Crippen LogP contribution in [-0.2, 0) is 15.7 Å². The summed E-state index contributed by atoms with van der Waals surface area (Å²) in [6.45, 7) is 10.3. The number of benzene rings is 1. The minimum atomic E-state index is -4.37. The molecule has 9 heteroatoms. The van der Waals surface area contributed by atoms with Crippen molar-refractivity contribution < 1.29 is 22.7 Å². The Morgan fingerprint density at radius 3 is 2.46 bits per heavy atom. The summed E-state index contributed by atoms with van der Waals surface area (Å²) in [6.07, 6.45) is -2.44. The Morgan fingerprint density at radius 2 is 1.80 bits per heavy atom. The summed E-state index contributed by atoms with van der Waals surface area (Å²) < 4.78 is 44.6. The number of rotatable bonds is 7. The number of nitrogens with zero attached hydrogens (tertiary/aromatic N) is 3. The average molecular weight is 504 g/mol. The number of ether oxygens (including phenoxy) is 1. The molecule has 2 aliphatic heterocycles. The molecular formula is C26H32F3N3O2Si. The molecule has 0 bridgehead atoms. The van der Waals surface area contributed by atoms with E-state index < -0.39 is 25.4 Å². The number of carbonyl (C=O) groups excluding carboxylic acids is 1. The van der Waals surface area contributed by atoms with Gasteiger partial charge in [0.15, 0.2) is 0 Å². The lowest BCUT2D eigenvalue weighted by Crippen LogP contribution is -2.38. The first-order valence-electron chi connectivity index (χ1n) is 12.0. The molecule has 35 heavy (non-hydrogen) atoms. The Balaban J connectivity index is 1.49. The minimum absolute atomic E-state index is 0.0103. The van der Waals surface area contributed by atoms with Crippen molar-refractivity contribution in [1.29, 1.82) is 0 Å². The molecule has 1 aromatic carbocycles. The first-order valence-corrected chi connectivity index (χ1v) is 15.7. The van der Waals surface area contributed by atoms with Crippen LogP contribution in [0.25, 0.3) is 11.1 Å². The van der Waals surface area contributed by atoms with Crippen molar-refractivity contribution in [3.05, 3.63) is 53.3 Å². The van der Waals surface area contributed by atoms with Gasteiger partial charge in [-0.2, -0.15) is 13.2 Å². The van der Waals surface area contributed by atoms with E-state index in [2.05, 4.69) is 24.6 Å². The molecule has 1 spiro atoms. The summed E-state index contributed by atoms with van der Waals surface area (Å²) in [6, 6.07) is 9.87. The van der Waals surface area contributed by atoms with Crippen LogP contribution in [0.3, 0.4) is 0 Å². The highest BCUT2D eigenvalue weighted by Crippen LogP contribution is 2.38. The fraction of sp³-hybridized carbons (Fsp3) is 0.500. The fourth-order valence-electron chi connectivity index (χ4n) is 4.55. The van der Waals surface area contributed by atoms with E-state index in [1.165, 1.54) is 12.1 Å². The normalized spacial score (nSPS) is 20.7. The van der Waals surface area contributed by atoms with Crippen LogP contribution in [0.15, 0.2) is 41.4 Å². The number of halogens is 3. The van der Waals surface area contributed by atoms with E-state index in [9.17, 15) is 18.0 Å². The topological polar surface area (TPSA) is 54.8 Å². The van der Waals surface area contributed by atoms with Gasteiger partial charge in [-0.25, -0.2) is 0 Å². The molecule has 1 fully saturated rings. The molecule has 4 rings (SSSR count). The first kappa shape index (κ1) is 25.6. The summed E-state index contributed by atoms with van der Waals surface area (Å²) >= 11 is 0. The zero-order chi connectivity index (χ0) is 25.4. The number of likely N-dealkylation sites (tertiary alicyclic amines) is 1. The monoisotopic (exact) mass is 503 g/mol. The standard InChI is InChI=1S/C26H32F3N3O2Si/c1-18-15-20(19-5-7-21(8-6-19)26(27,28)29)16-23(30-18)22-9-10-25(31-22)11-12-32(24(25)33)17-34-13-14-35(2,3)4/h5-8,15-16H,9-14,17H2,1-4H3/t25-/m1/s1. The van der Waals surface area contributed by atoms with Crippen molar-refractivity contribution in [2.24, 2.45) is 4.99 Å². The van der Waals surface area contributed by atoms with E-state index in [-0.39, 0.29) is 5.91 Å². The van der Waals surface area contributed by atoms with Crippen molar-refractivity contribution >= 4 is 19.7 Å². The van der Waals surface area contributed by atoms with E-state index in [1.54, 1.807) is 4.90 Å². The van der Waals surface area contributed by atoms with Crippen LogP contribution in [0.5, 0.6) is 0 Å². The number of aliphatic imine (C=N–C) groups is 1. The largest absolute Gasteiger partial charge is 0.416 e. The summed E-state index contributed by atoms with van der Waals surface area (Å²) in [5.74, 6) is 0.0103. The third-order valence-corrected chi connectivity index (χ3v) is 8.35. The van der Waals surface area contributed by atoms with Gasteiger partial charge in [-0.1, -0.05) is 31.8 Å². The van der Waals surface area contributed by atoms with E-state index >= 15 is 0 Å². The fourth-order valence-corrected chi connectivity index (χ4v) is 5.31. The lowest BCUT2D eigenvalue weighted by atomic mass is 9.95. The van der Waals surface area contributed by atoms with Gasteiger partial charge in [0, 0.05) is 26.9 Å². The second-order valence-corrected chi connectivity index (χ2v) is 16.3. The van der Waals surface area contributed by atoms with Gasteiger partial charge in [0.1, 0.15) is 12.3 Å². The Morgan fingerprint density at radius 1 is 1.09 bits per heavy atom. The summed E-state index contributed by atoms with van der Waals surface area (Å²) in [5.41, 5.74) is 2.22. The maximum absolute atomic E-state index is 13.2. The van der Waals surface area contributed by atoms with Crippen LogP contribution in [0.1, 0.15) is 36.2 Å². The molecule has 0 saturated carbocycles. The van der Waals surface area contributed by atoms with Crippen molar-refractivity contribution in [3.63, 3.8) is 0 Å². The number of alkyl halides is 3. The Hall–Kier alpha value is -2.52. The van der Waals surface area contributed by atoms with Gasteiger partial charge in [-0.05, 0) is 67.6 Å². The molecule has 2 aliphatic rings. The highest BCUT2D eigenvalue weighted by molar-refractivity contribution is 6.76. The molecule has 1 amide bonds. The first-order chi connectivity index (χ1) is 16.4. The van der Waals surface area contributed by atoms with Crippen LogP contribution in [-0.4, -0.2) is 55.0 Å². The third-order valence-electron chi connectivity index (χ3n) is 6.64. The van der Waals surface area contributed by atoms with Crippen molar-refractivity contribution in [2.45, 2.75) is 63.6 Å². The van der Waals surface area contributed by atoms with Crippen LogP contribution < -0.4 is 0 Å². The second kappa shape index (κ2) is 9.50. The Labute approximate surface area is 205 Å². The third kappa shape index (κ3) is 5.83. The van der Waals surface area contributed by atoms with Crippen LogP contribution in [0, 0.1) is 6.92 Å². The van der Waals surface area contributed by atoms with Gasteiger partial charge < -0.3 is 9.64 Å². The molecular weight excluding hydrogens is 471 g/mol. The Kier molecular flexibility index (Phi) is 6.94. The van der Waals surface area contributed by atoms with Gasteiger partial charge in [0.25, 0.3) is 5.91 Å². The van der Waals surface area contributed by atoms with Gasteiger partial charge in [-0.15, -0.1) is 0 Å². The molecule has 0 unspecified atom stereocenters. The highest BCUT2D eigenvalue weighted by atomic mass is 28.3. The highest BCUT2D eigenvalue weighted by Gasteiger charge is 2.49. The van der Waals surface area contributed by atoms with E-state index in [4.69, 9.17) is 9.73 Å². The maximum atomic E-state index is 13.2. The van der Waals surface area contributed by atoms with E-state index in [0.29, 0.717) is 50.4 Å². The van der Waals surface area contributed by atoms with Crippen molar-refractivity contribution in [3.8, 4) is 11.1 Å². The number of aryl methyl sites for hydroxylation is 1. The summed E-state index contributed by atoms with van der Waals surface area (Å²) in [4.78, 5) is 24.5. The number of pyridine rings is 1. The number of hydrogen-bond acceptors (Lipinski definition) is 4. The van der Waals surface area contributed by atoms with Gasteiger partial charge in [0.2, 0.25) is 0 Å².